The molecule has 0 saturated heterocycles. The molecule has 0 aromatic carbocycles. The summed E-state index contributed by atoms with van der Waals surface area (Å²) in [5, 5.41) is 33.3. The molecule has 0 aromatic heterocycles. The molecule has 0 unspecified atom stereocenters. The summed E-state index contributed by atoms with van der Waals surface area (Å²) in [6.07, 6.45) is 24.2. The van der Waals surface area contributed by atoms with E-state index in [2.05, 4.69) is 20.8 Å². The van der Waals surface area contributed by atoms with Crippen LogP contribution in [0.1, 0.15) is 216 Å². The van der Waals surface area contributed by atoms with E-state index in [-0.39, 0.29) is 40.8 Å². The number of aliphatic carboxylic acids is 3. The predicted octanol–water partition coefficient (Wildman–Crippen LogP) is 8.71. The third-order valence-electron chi connectivity index (χ3n) is 10.6. The molecule has 6 nitrogen and oxygen atoms in total. The topological polar surface area (TPSA) is 120 Å². The zero-order valence-corrected chi connectivity index (χ0v) is 35.1. The number of hydrogen-bond donors (Lipinski definition) is 0. The number of carbonyl (C=O) groups is 3. The van der Waals surface area contributed by atoms with Crippen molar-refractivity contribution in [1.29, 1.82) is 0 Å². The number of carbonyl (C=O) groups excluding carboxylic acids is 3. The molecule has 0 heterocycles. The second-order valence-corrected chi connectivity index (χ2v) is 13.3. The van der Waals surface area contributed by atoms with Gasteiger partial charge in [-0.05, 0) is 57.8 Å². The molecule has 0 bridgehead atoms. The fourth-order valence-corrected chi connectivity index (χ4v) is 6.18. The minimum Gasteiger partial charge on any atom is -0.550 e. The van der Waals surface area contributed by atoms with E-state index >= 15 is 0 Å². The van der Waals surface area contributed by atoms with Crippen LogP contribution in [0.5, 0.6) is 0 Å². The predicted molar refractivity (Wildman–Crippen MR) is 184 cm³/mol. The average molecular weight is 784 g/mol. The van der Waals surface area contributed by atoms with Gasteiger partial charge in [-0.1, -0.05) is 159 Å². The van der Waals surface area contributed by atoms with Crippen LogP contribution in [0, 0.1) is 57.1 Å². The number of hydrogen-bond acceptors (Lipinski definition) is 6. The van der Waals surface area contributed by atoms with Crippen molar-refractivity contribution in [2.75, 3.05) is 0 Å². The van der Waals surface area contributed by atoms with Crippen molar-refractivity contribution < 1.29 is 70.5 Å². The molecule has 0 fully saturated rings. The molecule has 0 spiro atoms. The van der Waals surface area contributed by atoms with Gasteiger partial charge in [-0.25, -0.2) is 0 Å². The molecule has 0 N–H and O–H groups in total. The summed E-state index contributed by atoms with van der Waals surface area (Å²) in [7, 11) is 0. The van der Waals surface area contributed by atoms with Gasteiger partial charge in [-0.3, -0.25) is 0 Å². The summed E-state index contributed by atoms with van der Waals surface area (Å²) in [6.45, 7) is 18.3. The van der Waals surface area contributed by atoms with Gasteiger partial charge in [0.05, 0.1) is 0 Å². The Bertz CT molecular complexity index is 616. The number of unbranched alkanes of at least 4 members (excludes halogenated alkanes) is 12. The first-order valence-corrected chi connectivity index (χ1v) is 19.0. The summed E-state index contributed by atoms with van der Waals surface area (Å²) in [5.41, 5.74) is -1.69. The number of carboxylic acids is 3. The summed E-state index contributed by atoms with van der Waals surface area (Å²) in [4.78, 5) is 33.3. The zero-order chi connectivity index (χ0) is 35.2. The van der Waals surface area contributed by atoms with Crippen LogP contribution in [0.15, 0.2) is 0 Å². The molecule has 0 rings (SSSR count). The molecule has 0 aromatic rings. The van der Waals surface area contributed by atoms with Crippen LogP contribution in [0.3, 0.4) is 0 Å². The molecule has 0 amide bonds. The Morgan fingerprint density at radius 2 is 0.522 bits per heavy atom. The first kappa shape index (κ1) is 52.6. The average Bonchev–Trinajstić information content (AvgIpc) is 3.03. The van der Waals surface area contributed by atoms with Crippen molar-refractivity contribution in [3.8, 4) is 0 Å². The van der Waals surface area contributed by atoms with Crippen molar-refractivity contribution >= 4 is 17.9 Å². The van der Waals surface area contributed by atoms with E-state index < -0.39 is 34.2 Å². The van der Waals surface area contributed by atoms with E-state index in [0.29, 0.717) is 38.5 Å². The fourth-order valence-electron chi connectivity index (χ4n) is 6.18. The van der Waals surface area contributed by atoms with Crippen LogP contribution >= 0.6 is 0 Å². The van der Waals surface area contributed by atoms with Gasteiger partial charge >= 0.3 is 40.8 Å². The monoisotopic (exact) mass is 781 g/mol. The summed E-state index contributed by atoms with van der Waals surface area (Å²) >= 11 is 0. The van der Waals surface area contributed by atoms with Crippen LogP contribution < -0.4 is 15.3 Å². The Hall–Kier alpha value is -0.239. The van der Waals surface area contributed by atoms with E-state index in [4.69, 9.17) is 0 Å². The van der Waals surface area contributed by atoms with Crippen LogP contribution in [0.25, 0.3) is 0 Å². The zero-order valence-electron chi connectivity index (χ0n) is 31.9. The maximum Gasteiger partial charge on any atom is 3.00 e. The molecular formula is C39H75NdO6. The van der Waals surface area contributed by atoms with Crippen molar-refractivity contribution in [1.82, 2.24) is 0 Å². The SMILES string of the molecule is CCCCCCCC(CC)(CC)C(=O)[O-].CCCCCCCC(CC)(CC)C(=O)[O-].CCCCCCCC(CC)(CC)C(=O)[O-].[Nd+3]. The maximum atomic E-state index is 11.1. The number of carboxylic acid groups (broad SMARTS) is 3. The molecule has 0 aliphatic rings. The van der Waals surface area contributed by atoms with Crippen LogP contribution in [0.4, 0.5) is 0 Å². The van der Waals surface area contributed by atoms with Gasteiger partial charge in [0.25, 0.3) is 0 Å². The van der Waals surface area contributed by atoms with Gasteiger partial charge in [0.2, 0.25) is 0 Å². The maximum absolute atomic E-state index is 11.1. The van der Waals surface area contributed by atoms with E-state index in [0.717, 1.165) is 57.8 Å². The van der Waals surface area contributed by atoms with E-state index in [1.807, 2.05) is 41.5 Å². The van der Waals surface area contributed by atoms with Crippen molar-refractivity contribution in [2.24, 2.45) is 16.2 Å². The van der Waals surface area contributed by atoms with E-state index in [1.165, 1.54) is 57.8 Å². The van der Waals surface area contributed by atoms with Gasteiger partial charge in [0.15, 0.2) is 0 Å². The largest absolute Gasteiger partial charge is 3.00 e. The Morgan fingerprint density at radius 1 is 0.348 bits per heavy atom. The second-order valence-electron chi connectivity index (χ2n) is 13.3. The standard InChI is InChI=1S/3C13H26O2.Nd/c3*1-4-7-8-9-10-11-13(5-2,6-3)12(14)15;/h3*4-11H2,1-3H3,(H,14,15);/q;;;+3/p-3. The Kier molecular flexibility index (Phi) is 38.0. The van der Waals surface area contributed by atoms with Gasteiger partial charge in [-0.2, -0.15) is 0 Å². The van der Waals surface area contributed by atoms with Crippen molar-refractivity contribution in [3.05, 3.63) is 0 Å². The Balaban J connectivity index is -0.000000285. The number of rotatable bonds is 27. The fraction of sp³-hybridized carbons (Fsp3) is 0.923. The molecule has 0 atom stereocenters. The van der Waals surface area contributed by atoms with E-state index in [9.17, 15) is 29.7 Å². The molecule has 1 radical (unpaired) electrons. The molecule has 271 valence electrons. The third-order valence-corrected chi connectivity index (χ3v) is 10.6. The molecule has 7 heteroatoms. The summed E-state index contributed by atoms with van der Waals surface area (Å²) < 4.78 is 0. The van der Waals surface area contributed by atoms with Crippen LogP contribution in [-0.4, -0.2) is 17.9 Å². The quantitative estimate of drug-likeness (QED) is 0.0769. The first-order chi connectivity index (χ1) is 21.4. The molecule has 0 saturated carbocycles. The minimum absolute atomic E-state index is 0. The van der Waals surface area contributed by atoms with Crippen molar-refractivity contribution in [3.63, 3.8) is 0 Å². The molecular weight excluding hydrogens is 709 g/mol. The Labute approximate surface area is 319 Å². The smallest absolute Gasteiger partial charge is 0.550 e. The second kappa shape index (κ2) is 33.3. The third kappa shape index (κ3) is 22.4. The van der Waals surface area contributed by atoms with Crippen LogP contribution in [-0.2, 0) is 14.4 Å². The molecule has 0 aliphatic carbocycles. The van der Waals surface area contributed by atoms with Crippen LogP contribution in [0.2, 0.25) is 0 Å². The Morgan fingerprint density at radius 3 is 0.652 bits per heavy atom. The first-order valence-electron chi connectivity index (χ1n) is 19.0. The van der Waals surface area contributed by atoms with Gasteiger partial charge in [-0.15, -0.1) is 0 Å². The van der Waals surface area contributed by atoms with Gasteiger partial charge in [0.1, 0.15) is 0 Å². The van der Waals surface area contributed by atoms with Crippen molar-refractivity contribution in [2.45, 2.75) is 216 Å². The summed E-state index contributed by atoms with van der Waals surface area (Å²) in [5.74, 6) is -2.58. The minimum atomic E-state index is -0.858. The van der Waals surface area contributed by atoms with E-state index in [1.54, 1.807) is 0 Å². The molecule has 46 heavy (non-hydrogen) atoms. The van der Waals surface area contributed by atoms with Gasteiger partial charge in [0, 0.05) is 34.2 Å². The molecule has 0 aliphatic heterocycles. The summed E-state index contributed by atoms with van der Waals surface area (Å²) in [6, 6.07) is 0. The van der Waals surface area contributed by atoms with Gasteiger partial charge < -0.3 is 29.7 Å². The normalized spacial score (nSPS) is 11.4.